The molecule has 0 aromatic carbocycles. The summed E-state index contributed by atoms with van der Waals surface area (Å²) in [5, 5.41) is 11.4. The summed E-state index contributed by atoms with van der Waals surface area (Å²) >= 11 is 1.64. The van der Waals surface area contributed by atoms with E-state index in [0.29, 0.717) is 6.54 Å². The Hall–Kier alpha value is -1.63. The molecule has 0 fully saturated rings. The molecule has 0 spiro atoms. The molecule has 0 radical (unpaired) electrons. The number of carbonyl (C=O) groups excluding carboxylic acids is 1. The van der Waals surface area contributed by atoms with Crippen LogP contribution in [-0.4, -0.2) is 44.5 Å². The van der Waals surface area contributed by atoms with E-state index >= 15 is 0 Å². The van der Waals surface area contributed by atoms with Gasteiger partial charge in [-0.3, -0.25) is 4.79 Å². The second-order valence-electron chi connectivity index (χ2n) is 4.24. The molecule has 0 saturated heterocycles. The summed E-state index contributed by atoms with van der Waals surface area (Å²) in [5.41, 5.74) is -0.0760. The Morgan fingerprint density at radius 1 is 1.33 bits per heavy atom. The van der Waals surface area contributed by atoms with Crippen LogP contribution in [0.4, 0.5) is 0 Å². The topological polar surface area (TPSA) is 92.2 Å². The van der Waals surface area contributed by atoms with Gasteiger partial charge in [-0.05, 0) is 20.1 Å². The van der Waals surface area contributed by atoms with Crippen LogP contribution in [0, 0.1) is 0 Å². The Balaban J connectivity index is 2.65. The Morgan fingerprint density at radius 3 is 2.33 bits per heavy atom. The molecule has 6 nitrogen and oxygen atoms in total. The predicted molar refractivity (Wildman–Crippen MR) is 68.9 cm³/mol. The monoisotopic (exact) mass is 269 g/mol. The lowest BCUT2D eigenvalue weighted by molar-refractivity contribution is 0.0689. The minimum absolute atomic E-state index is 0.0654. The SMILES string of the molecule is CSC(C)(C)CNC(=O)c1cnc(C(=O)O)cn1. The third kappa shape index (κ3) is 3.99. The number of aromatic carboxylic acids is 1. The van der Waals surface area contributed by atoms with E-state index in [1.54, 1.807) is 11.8 Å². The van der Waals surface area contributed by atoms with Gasteiger partial charge in [-0.25, -0.2) is 14.8 Å². The molecule has 1 rings (SSSR count). The van der Waals surface area contributed by atoms with E-state index in [9.17, 15) is 9.59 Å². The summed E-state index contributed by atoms with van der Waals surface area (Å²) in [6.45, 7) is 4.52. The Bertz CT molecular complexity index is 445. The normalized spacial score (nSPS) is 11.1. The summed E-state index contributed by atoms with van der Waals surface area (Å²) in [6.07, 6.45) is 4.19. The Morgan fingerprint density at radius 2 is 1.89 bits per heavy atom. The first kappa shape index (κ1) is 14.4. The van der Waals surface area contributed by atoms with E-state index < -0.39 is 5.97 Å². The molecule has 0 atom stereocenters. The highest BCUT2D eigenvalue weighted by molar-refractivity contribution is 7.99. The molecule has 18 heavy (non-hydrogen) atoms. The molecule has 0 unspecified atom stereocenters. The van der Waals surface area contributed by atoms with Gasteiger partial charge >= 0.3 is 5.97 Å². The summed E-state index contributed by atoms with van der Waals surface area (Å²) < 4.78 is -0.0654. The standard InChI is InChI=1S/C11H15N3O3S/c1-11(2,18-3)6-14-9(15)7-4-13-8(5-12-7)10(16)17/h4-5H,6H2,1-3H3,(H,14,15)(H,16,17). The number of hydrogen-bond donors (Lipinski definition) is 2. The van der Waals surface area contributed by atoms with Crippen LogP contribution < -0.4 is 5.32 Å². The van der Waals surface area contributed by atoms with Crippen LogP contribution in [0.2, 0.25) is 0 Å². The highest BCUT2D eigenvalue weighted by atomic mass is 32.2. The quantitative estimate of drug-likeness (QED) is 0.830. The van der Waals surface area contributed by atoms with Crippen LogP contribution in [0.1, 0.15) is 34.8 Å². The first-order chi connectivity index (χ1) is 8.35. The second kappa shape index (κ2) is 5.81. The van der Waals surface area contributed by atoms with Crippen LogP contribution in [0.5, 0.6) is 0 Å². The molecular weight excluding hydrogens is 254 g/mol. The van der Waals surface area contributed by atoms with Gasteiger partial charge in [0.1, 0.15) is 5.69 Å². The summed E-state index contributed by atoms with van der Waals surface area (Å²) in [6, 6.07) is 0. The molecule has 0 aliphatic rings. The maximum Gasteiger partial charge on any atom is 0.356 e. The third-order valence-electron chi connectivity index (χ3n) is 2.33. The number of carbonyl (C=O) groups is 2. The van der Waals surface area contributed by atoms with Crippen molar-refractivity contribution in [2.45, 2.75) is 18.6 Å². The first-order valence-corrected chi connectivity index (χ1v) is 6.47. The average molecular weight is 269 g/mol. The third-order valence-corrected chi connectivity index (χ3v) is 3.58. The van der Waals surface area contributed by atoms with Crippen molar-refractivity contribution in [2.75, 3.05) is 12.8 Å². The number of nitrogens with zero attached hydrogens (tertiary/aromatic N) is 2. The fourth-order valence-electron chi connectivity index (χ4n) is 1.01. The van der Waals surface area contributed by atoms with E-state index in [0.717, 1.165) is 12.4 Å². The second-order valence-corrected chi connectivity index (χ2v) is 5.75. The largest absolute Gasteiger partial charge is 0.476 e. The zero-order valence-electron chi connectivity index (χ0n) is 10.4. The Kier molecular flexibility index (Phi) is 4.66. The number of rotatable bonds is 5. The molecule has 0 aliphatic carbocycles. The molecule has 98 valence electrons. The van der Waals surface area contributed by atoms with E-state index in [-0.39, 0.29) is 22.0 Å². The van der Waals surface area contributed by atoms with Gasteiger partial charge in [0.2, 0.25) is 0 Å². The number of nitrogens with one attached hydrogen (secondary N) is 1. The van der Waals surface area contributed by atoms with Crippen LogP contribution in [0.15, 0.2) is 12.4 Å². The van der Waals surface area contributed by atoms with Crippen molar-refractivity contribution in [2.24, 2.45) is 0 Å². The van der Waals surface area contributed by atoms with E-state index in [1.807, 2.05) is 20.1 Å². The molecule has 1 aromatic rings. The molecule has 1 amide bonds. The fourth-order valence-corrected chi connectivity index (χ4v) is 1.23. The van der Waals surface area contributed by atoms with Gasteiger partial charge in [-0.2, -0.15) is 11.8 Å². The molecule has 1 aromatic heterocycles. The zero-order chi connectivity index (χ0) is 13.8. The summed E-state index contributed by atoms with van der Waals surface area (Å²) in [5.74, 6) is -1.53. The van der Waals surface area contributed by atoms with Crippen molar-refractivity contribution in [1.29, 1.82) is 0 Å². The highest BCUT2D eigenvalue weighted by Gasteiger charge is 2.18. The van der Waals surface area contributed by atoms with Gasteiger partial charge in [0, 0.05) is 11.3 Å². The number of aromatic nitrogens is 2. The van der Waals surface area contributed by atoms with Gasteiger partial charge in [-0.1, -0.05) is 0 Å². The summed E-state index contributed by atoms with van der Waals surface area (Å²) in [4.78, 5) is 29.7. The van der Waals surface area contributed by atoms with E-state index in [4.69, 9.17) is 5.11 Å². The van der Waals surface area contributed by atoms with Gasteiger partial charge in [0.15, 0.2) is 5.69 Å². The highest BCUT2D eigenvalue weighted by Crippen LogP contribution is 2.19. The number of amides is 1. The average Bonchev–Trinajstić information content (AvgIpc) is 2.36. The van der Waals surface area contributed by atoms with Crippen LogP contribution >= 0.6 is 11.8 Å². The minimum atomic E-state index is -1.17. The molecular formula is C11H15N3O3S. The number of thioether (sulfide) groups is 1. The summed E-state index contributed by atoms with van der Waals surface area (Å²) in [7, 11) is 0. The maximum absolute atomic E-state index is 11.7. The van der Waals surface area contributed by atoms with Crippen molar-refractivity contribution in [3.05, 3.63) is 23.8 Å². The molecule has 0 saturated carbocycles. The van der Waals surface area contributed by atoms with Gasteiger partial charge in [0.05, 0.1) is 12.4 Å². The fraction of sp³-hybridized carbons (Fsp3) is 0.455. The van der Waals surface area contributed by atoms with E-state index in [2.05, 4.69) is 15.3 Å². The van der Waals surface area contributed by atoms with E-state index in [1.165, 1.54) is 0 Å². The lowest BCUT2D eigenvalue weighted by Crippen LogP contribution is -2.36. The van der Waals surface area contributed by atoms with Gasteiger partial charge in [-0.15, -0.1) is 0 Å². The van der Waals surface area contributed by atoms with Crippen molar-refractivity contribution in [3.63, 3.8) is 0 Å². The maximum atomic E-state index is 11.7. The molecule has 2 N–H and O–H groups in total. The lowest BCUT2D eigenvalue weighted by Gasteiger charge is -2.21. The van der Waals surface area contributed by atoms with Crippen molar-refractivity contribution < 1.29 is 14.7 Å². The number of carboxylic acids is 1. The molecule has 0 aliphatic heterocycles. The lowest BCUT2D eigenvalue weighted by atomic mass is 10.2. The first-order valence-electron chi connectivity index (χ1n) is 5.24. The van der Waals surface area contributed by atoms with Gasteiger partial charge < -0.3 is 10.4 Å². The molecule has 1 heterocycles. The van der Waals surface area contributed by atoms with Crippen molar-refractivity contribution >= 4 is 23.6 Å². The van der Waals surface area contributed by atoms with Crippen LogP contribution in [0.3, 0.4) is 0 Å². The number of carboxylic acid groups (broad SMARTS) is 1. The zero-order valence-corrected chi connectivity index (χ0v) is 11.2. The predicted octanol–water partition coefficient (Wildman–Crippen LogP) is 1.05. The molecule has 0 bridgehead atoms. The van der Waals surface area contributed by atoms with Crippen molar-refractivity contribution in [1.82, 2.24) is 15.3 Å². The van der Waals surface area contributed by atoms with Crippen LogP contribution in [0.25, 0.3) is 0 Å². The number of hydrogen-bond acceptors (Lipinski definition) is 5. The minimum Gasteiger partial charge on any atom is -0.476 e. The van der Waals surface area contributed by atoms with Crippen LogP contribution in [-0.2, 0) is 0 Å². The van der Waals surface area contributed by atoms with Gasteiger partial charge in [0.25, 0.3) is 5.91 Å². The molecule has 7 heteroatoms. The smallest absolute Gasteiger partial charge is 0.356 e. The Labute approximate surface area is 109 Å². The van der Waals surface area contributed by atoms with Crippen molar-refractivity contribution in [3.8, 4) is 0 Å².